The molecule has 0 heterocycles. The highest BCUT2D eigenvalue weighted by molar-refractivity contribution is 5.86. The van der Waals surface area contributed by atoms with Crippen molar-refractivity contribution in [2.75, 3.05) is 0 Å². The zero-order chi connectivity index (χ0) is 30.3. The van der Waals surface area contributed by atoms with Gasteiger partial charge in [-0.15, -0.1) is 0 Å². The van der Waals surface area contributed by atoms with E-state index in [4.69, 9.17) is 9.98 Å². The summed E-state index contributed by atoms with van der Waals surface area (Å²) in [6, 6.07) is 8.53. The highest BCUT2D eigenvalue weighted by Gasteiger charge is 2.28. The van der Waals surface area contributed by atoms with Crippen LogP contribution in [0, 0.1) is 0 Å². The molecule has 0 unspecified atom stereocenters. The summed E-state index contributed by atoms with van der Waals surface area (Å²) < 4.78 is 0. The largest absolute Gasteiger partial charge is 0.507 e. The highest BCUT2D eigenvalue weighted by atomic mass is 16.3. The Morgan fingerprint density at radius 3 is 1.15 bits per heavy atom. The zero-order valence-corrected chi connectivity index (χ0v) is 27.2. The van der Waals surface area contributed by atoms with Crippen LogP contribution in [0.1, 0.15) is 142 Å². The Morgan fingerprint density at radius 2 is 0.875 bits per heavy atom. The molecule has 0 amide bonds. The van der Waals surface area contributed by atoms with Gasteiger partial charge in [0.25, 0.3) is 0 Å². The minimum Gasteiger partial charge on any atom is -0.507 e. The first-order valence-corrected chi connectivity index (χ1v) is 15.0. The first-order valence-electron chi connectivity index (χ1n) is 15.0. The lowest BCUT2D eigenvalue weighted by Crippen LogP contribution is -2.27. The number of aliphatic imine (C=N–C) groups is 2. The predicted molar refractivity (Wildman–Crippen MR) is 172 cm³/mol. The Kier molecular flexibility index (Phi) is 9.04. The Hall–Kier alpha value is -2.62. The molecule has 2 atom stereocenters. The average molecular weight is 547 g/mol. The monoisotopic (exact) mass is 546 g/mol. The smallest absolute Gasteiger partial charge is 0.128 e. The number of aromatic hydroxyl groups is 2. The summed E-state index contributed by atoms with van der Waals surface area (Å²) in [5.41, 5.74) is 5.39. The van der Waals surface area contributed by atoms with E-state index in [0.29, 0.717) is 11.5 Å². The predicted octanol–water partition coefficient (Wildman–Crippen LogP) is 9.14. The molecule has 1 fully saturated rings. The summed E-state index contributed by atoms with van der Waals surface area (Å²) in [6.45, 7) is 26.0. The van der Waals surface area contributed by atoms with Crippen LogP contribution in [0.25, 0.3) is 0 Å². The number of phenols is 2. The maximum Gasteiger partial charge on any atom is 0.128 e. The van der Waals surface area contributed by atoms with Gasteiger partial charge in [0.15, 0.2) is 0 Å². The van der Waals surface area contributed by atoms with Gasteiger partial charge < -0.3 is 10.2 Å². The number of phenolic OH excluding ortho intramolecular Hbond substituents is 2. The van der Waals surface area contributed by atoms with Crippen molar-refractivity contribution in [1.29, 1.82) is 0 Å². The molecule has 220 valence electrons. The van der Waals surface area contributed by atoms with E-state index in [1.54, 1.807) is 0 Å². The van der Waals surface area contributed by atoms with E-state index in [1.165, 1.54) is 11.1 Å². The molecule has 4 heteroatoms. The van der Waals surface area contributed by atoms with Gasteiger partial charge in [-0.2, -0.15) is 0 Å². The Balaban J connectivity index is 2.00. The number of hydrogen-bond acceptors (Lipinski definition) is 4. The van der Waals surface area contributed by atoms with Crippen LogP contribution < -0.4 is 0 Å². The maximum absolute atomic E-state index is 11.2. The Labute approximate surface area is 244 Å². The summed E-state index contributed by atoms with van der Waals surface area (Å²) in [4.78, 5) is 10.1. The van der Waals surface area contributed by atoms with E-state index < -0.39 is 0 Å². The molecule has 0 radical (unpaired) electrons. The molecule has 1 aliphatic carbocycles. The van der Waals surface area contributed by atoms with E-state index in [-0.39, 0.29) is 33.7 Å². The third-order valence-electron chi connectivity index (χ3n) is 8.13. The lowest BCUT2D eigenvalue weighted by atomic mass is 9.79. The molecule has 0 bridgehead atoms. The third kappa shape index (κ3) is 7.56. The first kappa shape index (κ1) is 31.9. The van der Waals surface area contributed by atoms with Gasteiger partial charge in [0, 0.05) is 34.7 Å². The second-order valence-electron chi connectivity index (χ2n) is 15.9. The first-order chi connectivity index (χ1) is 18.2. The lowest BCUT2D eigenvalue weighted by Gasteiger charge is -2.28. The van der Waals surface area contributed by atoms with Crippen molar-refractivity contribution in [2.24, 2.45) is 9.98 Å². The molecule has 1 aliphatic rings. The van der Waals surface area contributed by atoms with Crippen molar-refractivity contribution in [3.63, 3.8) is 0 Å². The van der Waals surface area contributed by atoms with Gasteiger partial charge >= 0.3 is 0 Å². The SMILES string of the molecule is CC(C)(C)c1cc(/C=N/[C@@H]2CCCC[C@H]2/N=C/c2cc(C(C)(C)C)cc(C(C)(C)C)c2O)c(O)c(C(C)(C)C)c1. The fraction of sp³-hybridized carbons (Fsp3) is 0.611. The van der Waals surface area contributed by atoms with E-state index in [2.05, 4.69) is 107 Å². The van der Waals surface area contributed by atoms with Crippen LogP contribution in [-0.2, 0) is 21.7 Å². The Morgan fingerprint density at radius 1 is 0.550 bits per heavy atom. The number of nitrogens with zero attached hydrogens (tertiary/aromatic N) is 2. The molecular formula is C36H54N2O2. The van der Waals surface area contributed by atoms with Crippen LogP contribution in [0.5, 0.6) is 11.5 Å². The quantitative estimate of drug-likeness (QED) is 0.376. The summed E-state index contributed by atoms with van der Waals surface area (Å²) in [5.74, 6) is 0.637. The van der Waals surface area contributed by atoms with E-state index in [0.717, 1.165) is 47.9 Å². The van der Waals surface area contributed by atoms with Gasteiger partial charge in [0.05, 0.1) is 12.1 Å². The van der Waals surface area contributed by atoms with Crippen LogP contribution in [0.4, 0.5) is 0 Å². The normalized spacial score (nSPS) is 19.6. The molecular weight excluding hydrogens is 492 g/mol. The van der Waals surface area contributed by atoms with Crippen LogP contribution in [-0.4, -0.2) is 34.7 Å². The molecule has 0 spiro atoms. The summed E-state index contributed by atoms with van der Waals surface area (Å²) in [6.07, 6.45) is 7.90. The van der Waals surface area contributed by atoms with Crippen LogP contribution in [0.3, 0.4) is 0 Å². The molecule has 1 saturated carbocycles. The van der Waals surface area contributed by atoms with E-state index in [1.807, 2.05) is 12.4 Å². The summed E-state index contributed by atoms with van der Waals surface area (Å²) in [7, 11) is 0. The van der Waals surface area contributed by atoms with Gasteiger partial charge in [0.1, 0.15) is 11.5 Å². The molecule has 0 aliphatic heterocycles. The Bertz CT molecular complexity index is 1160. The summed E-state index contributed by atoms with van der Waals surface area (Å²) in [5, 5.41) is 22.5. The van der Waals surface area contributed by atoms with Gasteiger partial charge in [-0.25, -0.2) is 0 Å². The van der Waals surface area contributed by atoms with Crippen molar-refractivity contribution in [2.45, 2.75) is 143 Å². The second kappa shape index (κ2) is 11.3. The molecule has 0 saturated heterocycles. The molecule has 2 aromatic rings. The second-order valence-corrected chi connectivity index (χ2v) is 15.9. The number of benzene rings is 2. The van der Waals surface area contributed by atoms with E-state index in [9.17, 15) is 10.2 Å². The molecule has 2 aromatic carbocycles. The van der Waals surface area contributed by atoms with Crippen LogP contribution in [0.15, 0.2) is 34.3 Å². The van der Waals surface area contributed by atoms with Crippen LogP contribution in [0.2, 0.25) is 0 Å². The highest BCUT2D eigenvalue weighted by Crippen LogP contribution is 2.39. The van der Waals surface area contributed by atoms with Crippen molar-refractivity contribution < 1.29 is 10.2 Å². The van der Waals surface area contributed by atoms with Gasteiger partial charge in [-0.3, -0.25) is 9.98 Å². The van der Waals surface area contributed by atoms with E-state index >= 15 is 0 Å². The van der Waals surface area contributed by atoms with Crippen molar-refractivity contribution in [3.8, 4) is 11.5 Å². The average Bonchev–Trinajstić information content (AvgIpc) is 2.80. The third-order valence-corrected chi connectivity index (χ3v) is 8.13. The fourth-order valence-electron chi connectivity index (χ4n) is 5.31. The zero-order valence-electron chi connectivity index (χ0n) is 27.2. The maximum atomic E-state index is 11.2. The van der Waals surface area contributed by atoms with Crippen molar-refractivity contribution in [1.82, 2.24) is 0 Å². The lowest BCUT2D eigenvalue weighted by molar-refractivity contribution is 0.389. The molecule has 40 heavy (non-hydrogen) atoms. The standard InChI is InChI=1S/C36H54N2O2/c1-33(2,3)25-17-23(31(39)27(19-25)35(7,8)9)21-37-29-15-13-14-16-30(29)38-22-24-18-26(34(4,5)6)20-28(32(24)40)36(10,11)12/h17-22,29-30,39-40H,13-16H2,1-12H3/b37-21+,38-22+/t29-,30-/m1/s1. The van der Waals surface area contributed by atoms with Crippen molar-refractivity contribution in [3.05, 3.63) is 57.6 Å². The summed E-state index contributed by atoms with van der Waals surface area (Å²) >= 11 is 0. The fourth-order valence-corrected chi connectivity index (χ4v) is 5.31. The van der Waals surface area contributed by atoms with Crippen LogP contribution >= 0.6 is 0 Å². The molecule has 4 nitrogen and oxygen atoms in total. The minimum atomic E-state index is -0.179. The molecule has 2 N–H and O–H groups in total. The molecule has 3 rings (SSSR count). The van der Waals surface area contributed by atoms with Gasteiger partial charge in [-0.05, 0) is 57.8 Å². The van der Waals surface area contributed by atoms with Gasteiger partial charge in [0.2, 0.25) is 0 Å². The van der Waals surface area contributed by atoms with Crippen molar-refractivity contribution >= 4 is 12.4 Å². The molecule has 0 aromatic heterocycles. The topological polar surface area (TPSA) is 65.2 Å². The number of hydrogen-bond donors (Lipinski definition) is 2. The number of rotatable bonds is 4. The van der Waals surface area contributed by atoms with Gasteiger partial charge in [-0.1, -0.05) is 108 Å². The minimum absolute atomic E-state index is 0.0378.